The highest BCUT2D eigenvalue weighted by Crippen LogP contribution is 2.23. The van der Waals surface area contributed by atoms with Gasteiger partial charge < -0.3 is 15.9 Å². The molecule has 0 saturated carbocycles. The van der Waals surface area contributed by atoms with Crippen molar-refractivity contribution in [1.82, 2.24) is 0 Å². The zero-order valence-corrected chi connectivity index (χ0v) is 4.77. The van der Waals surface area contributed by atoms with Gasteiger partial charge in [0, 0.05) is 6.07 Å². The van der Waals surface area contributed by atoms with Crippen LogP contribution in [0.5, 0.6) is 0 Å². The van der Waals surface area contributed by atoms with Crippen molar-refractivity contribution in [3.63, 3.8) is 0 Å². The van der Waals surface area contributed by atoms with Crippen LogP contribution in [-0.2, 0) is 0 Å². The molecule has 0 saturated heterocycles. The standard InChI is InChI=1S/C4H5ClN2O/c5-2-1-3(6)8-4(2)7/h1H,6-7H2. The van der Waals surface area contributed by atoms with E-state index in [0.29, 0.717) is 5.02 Å². The van der Waals surface area contributed by atoms with Gasteiger partial charge in [0.05, 0.1) is 0 Å². The van der Waals surface area contributed by atoms with E-state index >= 15 is 0 Å². The molecule has 1 rings (SSSR count). The van der Waals surface area contributed by atoms with Gasteiger partial charge in [0.1, 0.15) is 5.02 Å². The molecule has 3 nitrogen and oxygen atoms in total. The van der Waals surface area contributed by atoms with E-state index in [9.17, 15) is 0 Å². The summed E-state index contributed by atoms with van der Waals surface area (Å²) in [4.78, 5) is 0. The molecule has 44 valence electrons. The second kappa shape index (κ2) is 1.59. The molecular formula is C4H5ClN2O. The van der Waals surface area contributed by atoms with Crippen molar-refractivity contribution >= 4 is 23.4 Å². The number of hydrogen-bond acceptors (Lipinski definition) is 3. The Hall–Kier alpha value is -0.830. The number of hydrogen-bond donors (Lipinski definition) is 2. The summed E-state index contributed by atoms with van der Waals surface area (Å²) in [6.07, 6.45) is 0. The summed E-state index contributed by atoms with van der Waals surface area (Å²) < 4.78 is 4.64. The van der Waals surface area contributed by atoms with Crippen LogP contribution in [0.2, 0.25) is 5.02 Å². The van der Waals surface area contributed by atoms with Gasteiger partial charge in [-0.3, -0.25) is 0 Å². The first-order valence-electron chi connectivity index (χ1n) is 2.00. The molecule has 0 aromatic carbocycles. The average Bonchev–Trinajstić information content (AvgIpc) is 1.85. The summed E-state index contributed by atoms with van der Waals surface area (Å²) in [5.41, 5.74) is 10.3. The van der Waals surface area contributed by atoms with Gasteiger partial charge in [-0.25, -0.2) is 0 Å². The maximum absolute atomic E-state index is 5.43. The Labute approximate surface area is 51.2 Å². The maximum Gasteiger partial charge on any atom is 0.211 e. The van der Waals surface area contributed by atoms with Crippen LogP contribution >= 0.6 is 11.6 Å². The summed E-state index contributed by atoms with van der Waals surface area (Å²) in [5, 5.41) is 0.363. The minimum absolute atomic E-state index is 0.171. The van der Waals surface area contributed by atoms with E-state index in [1.807, 2.05) is 0 Å². The van der Waals surface area contributed by atoms with Crippen LogP contribution in [0.4, 0.5) is 11.8 Å². The number of nitrogen functional groups attached to an aromatic ring is 2. The highest BCUT2D eigenvalue weighted by atomic mass is 35.5. The topological polar surface area (TPSA) is 65.2 Å². The molecule has 8 heavy (non-hydrogen) atoms. The quantitative estimate of drug-likeness (QED) is 0.556. The Morgan fingerprint density at radius 1 is 1.50 bits per heavy atom. The van der Waals surface area contributed by atoms with Crippen molar-refractivity contribution in [3.8, 4) is 0 Å². The third kappa shape index (κ3) is 0.721. The van der Waals surface area contributed by atoms with Crippen molar-refractivity contribution in [3.05, 3.63) is 11.1 Å². The predicted octanol–water partition coefficient (Wildman–Crippen LogP) is 1.10. The third-order valence-corrected chi connectivity index (χ3v) is 1.03. The van der Waals surface area contributed by atoms with Gasteiger partial charge in [0.25, 0.3) is 0 Å². The predicted molar refractivity (Wildman–Crippen MR) is 32.5 cm³/mol. The second-order valence-corrected chi connectivity index (χ2v) is 1.77. The van der Waals surface area contributed by atoms with Crippen LogP contribution in [0, 0.1) is 0 Å². The normalized spacial score (nSPS) is 9.62. The minimum atomic E-state index is 0.171. The van der Waals surface area contributed by atoms with Crippen LogP contribution in [0.1, 0.15) is 0 Å². The van der Waals surface area contributed by atoms with E-state index < -0.39 is 0 Å². The van der Waals surface area contributed by atoms with Gasteiger partial charge in [-0.05, 0) is 0 Å². The number of furan rings is 1. The Kier molecular flexibility index (Phi) is 1.06. The lowest BCUT2D eigenvalue weighted by Crippen LogP contribution is -1.79. The van der Waals surface area contributed by atoms with Crippen molar-refractivity contribution < 1.29 is 4.42 Å². The summed E-state index contributed by atoms with van der Waals surface area (Å²) in [7, 11) is 0. The van der Waals surface area contributed by atoms with Gasteiger partial charge in [0.2, 0.25) is 5.88 Å². The van der Waals surface area contributed by atoms with Gasteiger partial charge >= 0.3 is 0 Å². The molecule has 0 aliphatic carbocycles. The first-order valence-corrected chi connectivity index (χ1v) is 2.38. The van der Waals surface area contributed by atoms with Gasteiger partial charge in [-0.2, -0.15) is 0 Å². The van der Waals surface area contributed by atoms with E-state index in [1.165, 1.54) is 6.07 Å². The Balaban J connectivity index is 3.14. The van der Waals surface area contributed by atoms with Crippen LogP contribution in [-0.4, -0.2) is 0 Å². The minimum Gasteiger partial charge on any atom is -0.424 e. The average molecular weight is 133 g/mol. The monoisotopic (exact) mass is 132 g/mol. The van der Waals surface area contributed by atoms with E-state index in [1.54, 1.807) is 0 Å². The smallest absolute Gasteiger partial charge is 0.211 e. The molecule has 0 radical (unpaired) electrons. The molecule has 0 amide bonds. The highest BCUT2D eigenvalue weighted by molar-refractivity contribution is 6.32. The van der Waals surface area contributed by atoms with E-state index in [4.69, 9.17) is 23.1 Å². The molecular weight excluding hydrogens is 128 g/mol. The maximum atomic E-state index is 5.43. The van der Waals surface area contributed by atoms with Crippen molar-refractivity contribution in [2.75, 3.05) is 11.5 Å². The van der Waals surface area contributed by atoms with E-state index in [2.05, 4.69) is 4.42 Å². The summed E-state index contributed by atoms with van der Waals surface area (Å²) in [6, 6.07) is 1.46. The van der Waals surface area contributed by atoms with Crippen molar-refractivity contribution in [1.29, 1.82) is 0 Å². The Morgan fingerprint density at radius 3 is 2.25 bits per heavy atom. The Morgan fingerprint density at radius 2 is 2.12 bits per heavy atom. The lowest BCUT2D eigenvalue weighted by Gasteiger charge is -1.79. The van der Waals surface area contributed by atoms with Crippen LogP contribution < -0.4 is 11.5 Å². The second-order valence-electron chi connectivity index (χ2n) is 1.36. The highest BCUT2D eigenvalue weighted by Gasteiger charge is 1.99. The summed E-state index contributed by atoms with van der Waals surface area (Å²) in [5.74, 6) is 0.414. The number of anilines is 2. The zero-order chi connectivity index (χ0) is 6.15. The molecule has 0 aliphatic heterocycles. The van der Waals surface area contributed by atoms with Crippen LogP contribution in [0.15, 0.2) is 10.5 Å². The fraction of sp³-hybridized carbons (Fsp3) is 0. The number of halogens is 1. The molecule has 4 heteroatoms. The molecule has 4 N–H and O–H groups in total. The van der Waals surface area contributed by atoms with Gasteiger partial charge in [-0.15, -0.1) is 0 Å². The molecule has 0 bridgehead atoms. The van der Waals surface area contributed by atoms with E-state index in [0.717, 1.165) is 0 Å². The first kappa shape index (κ1) is 5.31. The Bertz CT molecular complexity index is 176. The van der Waals surface area contributed by atoms with Crippen LogP contribution in [0.3, 0.4) is 0 Å². The molecule has 0 fully saturated rings. The van der Waals surface area contributed by atoms with Gasteiger partial charge in [0.15, 0.2) is 5.88 Å². The van der Waals surface area contributed by atoms with Crippen molar-refractivity contribution in [2.45, 2.75) is 0 Å². The third-order valence-electron chi connectivity index (χ3n) is 0.732. The summed E-state index contributed by atoms with van der Waals surface area (Å²) >= 11 is 5.43. The molecule has 0 aliphatic rings. The SMILES string of the molecule is Nc1cc(Cl)c(N)o1. The molecule has 1 heterocycles. The fourth-order valence-corrected chi connectivity index (χ4v) is 0.547. The molecule has 0 spiro atoms. The molecule has 0 unspecified atom stereocenters. The zero-order valence-electron chi connectivity index (χ0n) is 4.02. The number of rotatable bonds is 0. The fourth-order valence-electron chi connectivity index (χ4n) is 0.401. The first-order chi connectivity index (χ1) is 3.70. The summed E-state index contributed by atoms with van der Waals surface area (Å²) in [6.45, 7) is 0. The van der Waals surface area contributed by atoms with Gasteiger partial charge in [-0.1, -0.05) is 11.6 Å². The lowest BCUT2D eigenvalue weighted by atomic mass is 10.6. The largest absolute Gasteiger partial charge is 0.424 e. The van der Waals surface area contributed by atoms with Crippen LogP contribution in [0.25, 0.3) is 0 Å². The van der Waals surface area contributed by atoms with E-state index in [-0.39, 0.29) is 11.8 Å². The molecule has 1 aromatic rings. The van der Waals surface area contributed by atoms with Crippen molar-refractivity contribution in [2.24, 2.45) is 0 Å². The lowest BCUT2D eigenvalue weighted by molar-refractivity contribution is 0.608. The number of nitrogens with two attached hydrogens (primary N) is 2. The molecule has 1 aromatic heterocycles. The molecule has 0 atom stereocenters.